The summed E-state index contributed by atoms with van der Waals surface area (Å²) in [5.41, 5.74) is 7.58. The van der Waals surface area contributed by atoms with Crippen LogP contribution in [0.2, 0.25) is 0 Å². The zero-order chi connectivity index (χ0) is 13.8. The predicted octanol–water partition coefficient (Wildman–Crippen LogP) is 2.77. The maximum Gasteiger partial charge on any atom is 0.244 e. The van der Waals surface area contributed by atoms with Gasteiger partial charge < -0.3 is 11.1 Å². The first-order valence-electron chi connectivity index (χ1n) is 5.95. The summed E-state index contributed by atoms with van der Waals surface area (Å²) in [4.78, 5) is 11.6. The smallest absolute Gasteiger partial charge is 0.244 e. The van der Waals surface area contributed by atoms with Crippen LogP contribution in [-0.2, 0) is 4.79 Å². The van der Waals surface area contributed by atoms with Gasteiger partial charge in [0.1, 0.15) is 11.9 Å². The molecule has 0 heterocycles. The number of hydrogen-bond donors (Lipinski definition) is 2. The van der Waals surface area contributed by atoms with Gasteiger partial charge in [-0.3, -0.25) is 4.79 Å². The van der Waals surface area contributed by atoms with Gasteiger partial charge in [0, 0.05) is 5.69 Å². The molecule has 0 saturated carbocycles. The minimum atomic E-state index is -0.678. The van der Waals surface area contributed by atoms with Crippen molar-refractivity contribution >= 4 is 11.6 Å². The molecule has 0 aliphatic carbocycles. The molecule has 1 unspecified atom stereocenters. The summed E-state index contributed by atoms with van der Waals surface area (Å²) in [6, 6.07) is 12.9. The second-order valence-electron chi connectivity index (χ2n) is 4.35. The number of nitrogens with two attached hydrogens (primary N) is 1. The summed E-state index contributed by atoms with van der Waals surface area (Å²) in [6.45, 7) is 1.75. The van der Waals surface area contributed by atoms with Crippen LogP contribution in [-0.4, -0.2) is 5.91 Å². The van der Waals surface area contributed by atoms with E-state index < -0.39 is 11.9 Å². The number of anilines is 1. The molecule has 98 valence electrons. The molecule has 0 aliphatic heterocycles. The normalized spacial score (nSPS) is 11.9. The van der Waals surface area contributed by atoms with Crippen LogP contribution in [0, 0.1) is 12.7 Å². The average molecular weight is 258 g/mol. The number of rotatable bonds is 4. The molecule has 3 N–H and O–H groups in total. The molecule has 0 aromatic heterocycles. The monoisotopic (exact) mass is 258 g/mol. The number of aryl methyl sites for hydroxylation is 1. The number of carbonyl (C=O) groups is 1. The summed E-state index contributed by atoms with van der Waals surface area (Å²) >= 11 is 0. The van der Waals surface area contributed by atoms with Crippen LogP contribution in [0.5, 0.6) is 0 Å². The SMILES string of the molecule is Cc1cc(F)ccc1C(Nc1ccccc1)C(N)=O. The van der Waals surface area contributed by atoms with Gasteiger partial charge in [-0.25, -0.2) is 4.39 Å². The van der Waals surface area contributed by atoms with Crippen LogP contribution < -0.4 is 11.1 Å². The van der Waals surface area contributed by atoms with E-state index in [1.54, 1.807) is 13.0 Å². The van der Waals surface area contributed by atoms with E-state index in [1.165, 1.54) is 12.1 Å². The maximum atomic E-state index is 13.1. The minimum Gasteiger partial charge on any atom is -0.370 e. The summed E-state index contributed by atoms with van der Waals surface area (Å²) < 4.78 is 13.1. The van der Waals surface area contributed by atoms with Crippen molar-refractivity contribution in [3.63, 3.8) is 0 Å². The number of carbonyl (C=O) groups excluding carboxylic acids is 1. The molecule has 0 bridgehead atoms. The zero-order valence-electron chi connectivity index (χ0n) is 10.6. The van der Waals surface area contributed by atoms with Crippen LogP contribution in [0.4, 0.5) is 10.1 Å². The molecule has 0 saturated heterocycles. The van der Waals surface area contributed by atoms with Crippen molar-refractivity contribution in [2.24, 2.45) is 5.73 Å². The second-order valence-corrected chi connectivity index (χ2v) is 4.35. The van der Waals surface area contributed by atoms with E-state index in [0.29, 0.717) is 11.1 Å². The van der Waals surface area contributed by atoms with Gasteiger partial charge in [0.2, 0.25) is 5.91 Å². The van der Waals surface area contributed by atoms with Gasteiger partial charge in [0.25, 0.3) is 0 Å². The lowest BCUT2D eigenvalue weighted by atomic mass is 10.0. The third-order valence-corrected chi connectivity index (χ3v) is 2.91. The second kappa shape index (κ2) is 5.52. The fourth-order valence-electron chi connectivity index (χ4n) is 1.97. The quantitative estimate of drug-likeness (QED) is 0.886. The summed E-state index contributed by atoms with van der Waals surface area (Å²) in [5, 5.41) is 3.06. The molecule has 2 aromatic rings. The highest BCUT2D eigenvalue weighted by molar-refractivity contribution is 5.84. The standard InChI is InChI=1S/C15H15FN2O/c1-10-9-11(16)7-8-13(10)14(15(17)19)18-12-5-3-2-4-6-12/h2-9,14,18H,1H3,(H2,17,19). The van der Waals surface area contributed by atoms with Gasteiger partial charge in [-0.05, 0) is 42.3 Å². The third-order valence-electron chi connectivity index (χ3n) is 2.91. The summed E-state index contributed by atoms with van der Waals surface area (Å²) in [6.07, 6.45) is 0. The van der Waals surface area contributed by atoms with E-state index in [9.17, 15) is 9.18 Å². The number of para-hydroxylation sites is 1. The van der Waals surface area contributed by atoms with E-state index in [0.717, 1.165) is 5.69 Å². The van der Waals surface area contributed by atoms with Crippen molar-refractivity contribution in [3.8, 4) is 0 Å². The molecule has 1 amide bonds. The van der Waals surface area contributed by atoms with E-state index in [4.69, 9.17) is 5.73 Å². The van der Waals surface area contributed by atoms with Gasteiger partial charge in [0.15, 0.2) is 0 Å². The molecule has 3 nitrogen and oxygen atoms in total. The predicted molar refractivity (Wildman–Crippen MR) is 73.1 cm³/mol. The first-order chi connectivity index (χ1) is 9.08. The Hall–Kier alpha value is -2.36. The fraction of sp³-hybridized carbons (Fsp3) is 0.133. The molecule has 0 aliphatic rings. The van der Waals surface area contributed by atoms with Crippen LogP contribution >= 0.6 is 0 Å². The lowest BCUT2D eigenvalue weighted by Crippen LogP contribution is -2.28. The summed E-state index contributed by atoms with van der Waals surface area (Å²) in [5.74, 6) is -0.831. The largest absolute Gasteiger partial charge is 0.370 e. The van der Waals surface area contributed by atoms with Crippen LogP contribution in [0.25, 0.3) is 0 Å². The minimum absolute atomic E-state index is 0.329. The number of hydrogen-bond acceptors (Lipinski definition) is 2. The van der Waals surface area contributed by atoms with Gasteiger partial charge in [-0.2, -0.15) is 0 Å². The van der Waals surface area contributed by atoms with Crippen molar-refractivity contribution in [2.45, 2.75) is 13.0 Å². The first-order valence-corrected chi connectivity index (χ1v) is 5.95. The molecule has 1 atom stereocenters. The molecule has 19 heavy (non-hydrogen) atoms. The van der Waals surface area contributed by atoms with Crippen molar-refractivity contribution in [2.75, 3.05) is 5.32 Å². The molecule has 0 spiro atoms. The molecule has 0 radical (unpaired) electrons. The number of halogens is 1. The first kappa shape index (κ1) is 13.1. The lowest BCUT2D eigenvalue weighted by Gasteiger charge is -2.19. The summed E-state index contributed by atoms with van der Waals surface area (Å²) in [7, 11) is 0. The Bertz CT molecular complexity index is 584. The van der Waals surface area contributed by atoms with Crippen molar-refractivity contribution in [1.82, 2.24) is 0 Å². The lowest BCUT2D eigenvalue weighted by molar-refractivity contribution is -0.118. The highest BCUT2D eigenvalue weighted by Gasteiger charge is 2.19. The number of benzene rings is 2. The number of nitrogens with one attached hydrogen (secondary N) is 1. The van der Waals surface area contributed by atoms with E-state index in [1.807, 2.05) is 30.3 Å². The van der Waals surface area contributed by atoms with Gasteiger partial charge in [0.05, 0.1) is 0 Å². The Labute approximate surface area is 111 Å². The highest BCUT2D eigenvalue weighted by Crippen LogP contribution is 2.23. The van der Waals surface area contributed by atoms with Crippen molar-refractivity contribution in [1.29, 1.82) is 0 Å². The fourth-order valence-corrected chi connectivity index (χ4v) is 1.97. The molecule has 2 rings (SSSR count). The molecule has 4 heteroatoms. The van der Waals surface area contributed by atoms with Crippen LogP contribution in [0.1, 0.15) is 17.2 Å². The van der Waals surface area contributed by atoms with E-state index in [2.05, 4.69) is 5.32 Å². The Morgan fingerprint density at radius 2 is 1.89 bits per heavy atom. The molecular weight excluding hydrogens is 243 g/mol. The zero-order valence-corrected chi connectivity index (χ0v) is 10.6. The molecule has 0 fully saturated rings. The van der Waals surface area contributed by atoms with Gasteiger partial charge >= 0.3 is 0 Å². The van der Waals surface area contributed by atoms with Crippen molar-refractivity contribution < 1.29 is 9.18 Å². The number of primary amides is 1. The Morgan fingerprint density at radius 3 is 2.47 bits per heavy atom. The van der Waals surface area contributed by atoms with Gasteiger partial charge in [-0.15, -0.1) is 0 Å². The topological polar surface area (TPSA) is 55.1 Å². The van der Waals surface area contributed by atoms with Crippen LogP contribution in [0.15, 0.2) is 48.5 Å². The maximum absolute atomic E-state index is 13.1. The van der Waals surface area contributed by atoms with E-state index in [-0.39, 0.29) is 5.82 Å². The van der Waals surface area contributed by atoms with Crippen LogP contribution in [0.3, 0.4) is 0 Å². The highest BCUT2D eigenvalue weighted by atomic mass is 19.1. The number of amides is 1. The average Bonchev–Trinajstić information content (AvgIpc) is 2.38. The Balaban J connectivity index is 2.33. The third kappa shape index (κ3) is 3.10. The Morgan fingerprint density at radius 1 is 1.21 bits per heavy atom. The molecule has 2 aromatic carbocycles. The van der Waals surface area contributed by atoms with Crippen molar-refractivity contribution in [3.05, 3.63) is 65.5 Å². The van der Waals surface area contributed by atoms with E-state index >= 15 is 0 Å². The van der Waals surface area contributed by atoms with Gasteiger partial charge in [-0.1, -0.05) is 24.3 Å². The Kier molecular flexibility index (Phi) is 3.80. The molecular formula is C15H15FN2O.